The van der Waals surface area contributed by atoms with Crippen LogP contribution < -0.4 is 0 Å². The van der Waals surface area contributed by atoms with Crippen molar-refractivity contribution >= 4 is 16.1 Å². The van der Waals surface area contributed by atoms with Gasteiger partial charge in [-0.2, -0.15) is 8.42 Å². The standard InChI is InChI=1S/C52H64O15S/c1-6-52(29-31-62-68(54,55)41-27-25-36(2)26-28-41)49(65-43-24-16-17-30-59-43)46(56-4)48(63-37(3)53)51(67-52)66-44-42(35-58-32-38-18-10-7-11-19-38)64-50(57-5)47(61-34-40-22-14-9-15-23-40)45(44)60-33-39-20-12-8-13-21-39/h6-15,18-23,25-28,42-51H,1,16-17,24,29-35H2,2-5H3/t42-,43-,44-,45+,46-,47-,48+,49+,50+,51-,52-/m1/s1. The molecule has 0 bridgehead atoms. The van der Waals surface area contributed by atoms with Crippen LogP contribution in [0.2, 0.25) is 0 Å². The lowest BCUT2D eigenvalue weighted by molar-refractivity contribution is -0.386. The predicted octanol–water partition coefficient (Wildman–Crippen LogP) is 7.37. The lowest BCUT2D eigenvalue weighted by Gasteiger charge is -2.53. The molecule has 16 heteroatoms. The smallest absolute Gasteiger partial charge is 0.303 e. The molecule has 3 fully saturated rings. The van der Waals surface area contributed by atoms with E-state index in [0.29, 0.717) is 13.0 Å². The molecule has 0 saturated carbocycles. The number of esters is 1. The average Bonchev–Trinajstić information content (AvgIpc) is 3.35. The molecule has 3 saturated heterocycles. The largest absolute Gasteiger partial charge is 0.454 e. The van der Waals surface area contributed by atoms with Gasteiger partial charge in [0, 0.05) is 34.2 Å². The molecule has 3 heterocycles. The summed E-state index contributed by atoms with van der Waals surface area (Å²) in [7, 11) is -1.22. The van der Waals surface area contributed by atoms with E-state index < -0.39 is 83.3 Å². The van der Waals surface area contributed by atoms with Gasteiger partial charge in [0.05, 0.1) is 37.9 Å². The molecular formula is C52H64O15S. The summed E-state index contributed by atoms with van der Waals surface area (Å²) in [5.41, 5.74) is 2.02. The topological polar surface area (TPSA) is 162 Å². The Hall–Kier alpha value is -4.40. The molecule has 368 valence electrons. The number of hydrogen-bond donors (Lipinski definition) is 0. The molecule has 3 aliphatic rings. The first-order chi connectivity index (χ1) is 33.0. The molecule has 11 atom stereocenters. The fourth-order valence-electron chi connectivity index (χ4n) is 8.65. The highest BCUT2D eigenvalue weighted by Crippen LogP contribution is 2.42. The van der Waals surface area contributed by atoms with Crippen molar-refractivity contribution in [2.45, 2.75) is 131 Å². The lowest BCUT2D eigenvalue weighted by Crippen LogP contribution is -2.69. The Morgan fingerprint density at radius 1 is 0.735 bits per heavy atom. The molecule has 7 rings (SSSR count). The second kappa shape index (κ2) is 24.9. The second-order valence-corrected chi connectivity index (χ2v) is 18.6. The van der Waals surface area contributed by atoms with E-state index in [1.165, 1.54) is 39.4 Å². The van der Waals surface area contributed by atoms with E-state index in [9.17, 15) is 13.2 Å². The Kier molecular flexibility index (Phi) is 18.9. The third-order valence-electron chi connectivity index (χ3n) is 12.2. The van der Waals surface area contributed by atoms with Crippen LogP contribution >= 0.6 is 0 Å². The molecule has 0 unspecified atom stereocenters. The van der Waals surface area contributed by atoms with Gasteiger partial charge >= 0.3 is 5.97 Å². The molecule has 0 aliphatic carbocycles. The van der Waals surface area contributed by atoms with Crippen molar-refractivity contribution < 1.29 is 69.5 Å². The summed E-state index contributed by atoms with van der Waals surface area (Å²) in [5, 5.41) is 0. The highest BCUT2D eigenvalue weighted by Gasteiger charge is 2.59. The number of benzene rings is 4. The molecule has 0 N–H and O–H groups in total. The number of carbonyl (C=O) groups is 1. The van der Waals surface area contributed by atoms with Gasteiger partial charge in [0.1, 0.15) is 42.2 Å². The molecule has 4 aromatic carbocycles. The van der Waals surface area contributed by atoms with Gasteiger partial charge in [0.2, 0.25) is 0 Å². The van der Waals surface area contributed by atoms with Crippen LogP contribution in [0.15, 0.2) is 133 Å². The fourth-order valence-corrected chi connectivity index (χ4v) is 9.55. The summed E-state index contributed by atoms with van der Waals surface area (Å²) < 4.78 is 105. The maximum atomic E-state index is 13.5. The van der Waals surface area contributed by atoms with Gasteiger partial charge in [-0.15, -0.1) is 6.58 Å². The average molecular weight is 961 g/mol. The van der Waals surface area contributed by atoms with E-state index in [1.54, 1.807) is 12.1 Å². The minimum absolute atomic E-state index is 0.00323. The maximum absolute atomic E-state index is 13.5. The number of methoxy groups -OCH3 is 2. The summed E-state index contributed by atoms with van der Waals surface area (Å²) in [5.74, 6) is -0.649. The van der Waals surface area contributed by atoms with E-state index in [4.69, 9.17) is 56.3 Å². The molecule has 15 nitrogen and oxygen atoms in total. The highest BCUT2D eigenvalue weighted by molar-refractivity contribution is 7.86. The number of carbonyl (C=O) groups excluding carboxylic acids is 1. The number of hydrogen-bond acceptors (Lipinski definition) is 15. The van der Waals surface area contributed by atoms with Crippen molar-refractivity contribution in [3.05, 3.63) is 150 Å². The van der Waals surface area contributed by atoms with Crippen LogP contribution in [0.25, 0.3) is 0 Å². The van der Waals surface area contributed by atoms with Crippen molar-refractivity contribution in [2.24, 2.45) is 0 Å². The van der Waals surface area contributed by atoms with Gasteiger partial charge in [-0.05, 0) is 55.0 Å². The van der Waals surface area contributed by atoms with Crippen LogP contribution in [-0.2, 0) is 91.0 Å². The van der Waals surface area contributed by atoms with Crippen molar-refractivity contribution in [3.8, 4) is 0 Å². The van der Waals surface area contributed by atoms with Crippen LogP contribution in [0.4, 0.5) is 0 Å². The monoisotopic (exact) mass is 960 g/mol. The Morgan fingerprint density at radius 3 is 1.91 bits per heavy atom. The van der Waals surface area contributed by atoms with Crippen LogP contribution in [0, 0.1) is 6.92 Å². The van der Waals surface area contributed by atoms with Gasteiger partial charge in [-0.1, -0.05) is 115 Å². The first-order valence-corrected chi connectivity index (χ1v) is 24.4. The molecule has 4 aromatic rings. The van der Waals surface area contributed by atoms with Crippen LogP contribution in [-0.4, -0.2) is 116 Å². The fraction of sp³-hybridized carbons (Fsp3) is 0.481. The van der Waals surface area contributed by atoms with Gasteiger partial charge in [0.25, 0.3) is 10.1 Å². The van der Waals surface area contributed by atoms with Gasteiger partial charge in [0.15, 0.2) is 25.0 Å². The maximum Gasteiger partial charge on any atom is 0.303 e. The second-order valence-electron chi connectivity index (χ2n) is 17.0. The summed E-state index contributed by atoms with van der Waals surface area (Å²) in [6.45, 7) is 7.99. The Balaban J connectivity index is 1.27. The lowest BCUT2D eigenvalue weighted by atomic mass is 9.83. The molecule has 0 radical (unpaired) electrons. The van der Waals surface area contributed by atoms with E-state index in [-0.39, 0.29) is 44.4 Å². The summed E-state index contributed by atoms with van der Waals surface area (Å²) in [6, 6.07) is 35.4. The highest BCUT2D eigenvalue weighted by atomic mass is 32.2. The van der Waals surface area contributed by atoms with E-state index in [2.05, 4.69) is 6.58 Å². The Labute approximate surface area is 399 Å². The summed E-state index contributed by atoms with van der Waals surface area (Å²) in [4.78, 5) is 13.1. The van der Waals surface area contributed by atoms with Crippen LogP contribution in [0.3, 0.4) is 0 Å². The minimum Gasteiger partial charge on any atom is -0.454 e. The molecule has 68 heavy (non-hydrogen) atoms. The molecule has 0 amide bonds. The van der Waals surface area contributed by atoms with E-state index >= 15 is 0 Å². The van der Waals surface area contributed by atoms with E-state index in [1.807, 2.05) is 97.9 Å². The molecule has 0 spiro atoms. The van der Waals surface area contributed by atoms with Gasteiger partial charge < -0.3 is 52.1 Å². The molecule has 0 aromatic heterocycles. The van der Waals surface area contributed by atoms with Crippen molar-refractivity contribution in [1.29, 1.82) is 0 Å². The SMILES string of the molecule is C=C[C@]1(CCOS(=O)(=O)c2ccc(C)cc2)O[C@@H](O[C@H]2[C@H](OCc3ccccc3)[C@@H](OCc3ccccc3)[C@@H](OC)O[C@@H]2COCc2ccccc2)[C@@H](OC(C)=O)[C@@H](OC)[C@@H]1O[C@@H]1CCCCO1. The molecule has 3 aliphatic heterocycles. The van der Waals surface area contributed by atoms with Gasteiger partial charge in [-0.25, -0.2) is 0 Å². The van der Waals surface area contributed by atoms with Crippen LogP contribution in [0.5, 0.6) is 0 Å². The summed E-state index contributed by atoms with van der Waals surface area (Å²) >= 11 is 0. The zero-order chi connectivity index (χ0) is 47.9. The minimum atomic E-state index is -4.21. The quantitative estimate of drug-likeness (QED) is 0.0411. The zero-order valence-corrected chi connectivity index (χ0v) is 39.9. The van der Waals surface area contributed by atoms with Crippen molar-refractivity contribution in [2.75, 3.05) is 34.0 Å². The normalized spacial score (nSPS) is 28.7. The number of rotatable bonds is 23. The van der Waals surface area contributed by atoms with Crippen LogP contribution in [0.1, 0.15) is 54.9 Å². The van der Waals surface area contributed by atoms with Crippen molar-refractivity contribution in [3.63, 3.8) is 0 Å². The number of aryl methyl sites for hydroxylation is 1. The van der Waals surface area contributed by atoms with Gasteiger partial charge in [-0.3, -0.25) is 8.98 Å². The predicted molar refractivity (Wildman–Crippen MR) is 248 cm³/mol. The van der Waals surface area contributed by atoms with E-state index in [0.717, 1.165) is 35.1 Å². The first kappa shape index (κ1) is 51.5. The first-order valence-electron chi connectivity index (χ1n) is 23.0. The summed E-state index contributed by atoms with van der Waals surface area (Å²) in [6.07, 6.45) is -6.70. The number of ether oxygens (including phenoxy) is 11. The third-order valence-corrected chi connectivity index (χ3v) is 13.5. The Bertz CT molecular complexity index is 2240. The zero-order valence-electron chi connectivity index (χ0n) is 39.1. The third kappa shape index (κ3) is 13.5. The van der Waals surface area contributed by atoms with Crippen molar-refractivity contribution in [1.82, 2.24) is 0 Å². The molecular weight excluding hydrogens is 897 g/mol. The Morgan fingerprint density at radius 2 is 1.35 bits per heavy atom.